The topological polar surface area (TPSA) is 44.8 Å². The third-order valence-electron chi connectivity index (χ3n) is 4.18. The van der Waals surface area contributed by atoms with E-state index < -0.39 is 7.37 Å². The Labute approximate surface area is 143 Å². The molecule has 0 aromatic rings. The predicted molar refractivity (Wildman–Crippen MR) is 96.5 cm³/mol. The first-order valence-electron chi connectivity index (χ1n) is 9.48. The molecule has 138 valence electrons. The van der Waals surface area contributed by atoms with Crippen molar-refractivity contribution in [1.82, 2.24) is 0 Å². The Balaban J connectivity index is 1.88. The highest BCUT2D eigenvalue weighted by molar-refractivity contribution is 7.57. The molecular weight excluding hydrogens is 311 g/mol. The van der Waals surface area contributed by atoms with E-state index in [9.17, 15) is 4.57 Å². The fraction of sp³-hybridized carbons (Fsp3) is 1.00. The van der Waals surface area contributed by atoms with Crippen molar-refractivity contribution in [2.24, 2.45) is 0 Å². The van der Waals surface area contributed by atoms with Crippen molar-refractivity contribution < 1.29 is 18.6 Å². The van der Waals surface area contributed by atoms with Crippen LogP contribution in [0, 0.1) is 0 Å². The summed E-state index contributed by atoms with van der Waals surface area (Å²) in [5.74, 6) is 0. The molecule has 0 aliphatic carbocycles. The van der Waals surface area contributed by atoms with Gasteiger partial charge in [-0.05, 0) is 12.8 Å². The summed E-state index contributed by atoms with van der Waals surface area (Å²) in [6.07, 6.45) is 14.2. The maximum atomic E-state index is 11.5. The van der Waals surface area contributed by atoms with E-state index in [0.29, 0.717) is 13.2 Å². The Kier molecular flexibility index (Phi) is 11.5. The van der Waals surface area contributed by atoms with Gasteiger partial charge < -0.3 is 14.0 Å². The molecule has 0 radical (unpaired) electrons. The second-order valence-electron chi connectivity index (χ2n) is 7.04. The summed E-state index contributed by atoms with van der Waals surface area (Å²) in [4.78, 5) is 0. The highest BCUT2D eigenvalue weighted by Gasteiger charge is 2.26. The van der Waals surface area contributed by atoms with Gasteiger partial charge in [0.1, 0.15) is 6.10 Å². The average molecular weight is 348 g/mol. The summed E-state index contributed by atoms with van der Waals surface area (Å²) in [6, 6.07) is 0. The lowest BCUT2D eigenvalue weighted by Crippen LogP contribution is -2.18. The third kappa shape index (κ3) is 12.2. The van der Waals surface area contributed by atoms with Crippen LogP contribution < -0.4 is 0 Å². The normalized spacial score (nSPS) is 21.9. The Morgan fingerprint density at radius 3 is 2.09 bits per heavy atom. The predicted octanol–water partition coefficient (Wildman–Crippen LogP) is 5.59. The average Bonchev–Trinajstić information content (AvgIpc) is 2.94. The number of ether oxygens (including phenoxy) is 2. The minimum atomic E-state index is -2.42. The maximum absolute atomic E-state index is 11.5. The SMILES string of the molecule is CCCCCCCCCCCCC1OC[C@H](COP(C)(C)=O)O1. The summed E-state index contributed by atoms with van der Waals surface area (Å²) in [5, 5.41) is 0. The van der Waals surface area contributed by atoms with Crippen LogP contribution in [0.15, 0.2) is 0 Å². The minimum absolute atomic E-state index is 0.0589. The van der Waals surface area contributed by atoms with E-state index >= 15 is 0 Å². The van der Waals surface area contributed by atoms with Crippen molar-refractivity contribution in [3.8, 4) is 0 Å². The summed E-state index contributed by atoms with van der Waals surface area (Å²) in [6.45, 7) is 6.45. The zero-order valence-electron chi connectivity index (χ0n) is 15.4. The highest BCUT2D eigenvalue weighted by Crippen LogP contribution is 2.37. The molecule has 4 nitrogen and oxygen atoms in total. The van der Waals surface area contributed by atoms with Gasteiger partial charge in [0.15, 0.2) is 13.7 Å². The standard InChI is InChI=1S/C18H37O4P/c1-4-5-6-7-8-9-10-11-12-13-14-18-20-15-17(22-18)16-21-23(2,3)19/h17-18H,4-16H2,1-3H3/t17-,18?/m1/s1. The molecule has 1 aliphatic heterocycles. The van der Waals surface area contributed by atoms with Crippen molar-refractivity contribution in [1.29, 1.82) is 0 Å². The minimum Gasteiger partial charge on any atom is -0.350 e. The molecule has 1 unspecified atom stereocenters. The fourth-order valence-electron chi connectivity index (χ4n) is 2.81. The lowest BCUT2D eigenvalue weighted by molar-refractivity contribution is -0.0684. The lowest BCUT2D eigenvalue weighted by Gasteiger charge is -2.13. The zero-order chi connectivity index (χ0) is 17.0. The number of hydrogen-bond donors (Lipinski definition) is 0. The van der Waals surface area contributed by atoms with Gasteiger partial charge in [0.05, 0.1) is 13.2 Å². The highest BCUT2D eigenvalue weighted by atomic mass is 31.2. The van der Waals surface area contributed by atoms with Crippen molar-refractivity contribution >= 4 is 7.37 Å². The van der Waals surface area contributed by atoms with Gasteiger partial charge in [-0.3, -0.25) is 4.57 Å². The van der Waals surface area contributed by atoms with Crippen LogP contribution in [0.25, 0.3) is 0 Å². The van der Waals surface area contributed by atoms with E-state index in [1.54, 1.807) is 13.3 Å². The van der Waals surface area contributed by atoms with Crippen LogP contribution in [0.4, 0.5) is 0 Å². The van der Waals surface area contributed by atoms with Crippen molar-refractivity contribution in [3.05, 3.63) is 0 Å². The van der Waals surface area contributed by atoms with E-state index in [-0.39, 0.29) is 12.4 Å². The molecule has 0 aromatic heterocycles. The van der Waals surface area contributed by atoms with Gasteiger partial charge in [-0.2, -0.15) is 0 Å². The van der Waals surface area contributed by atoms with Crippen LogP contribution >= 0.6 is 7.37 Å². The number of rotatable bonds is 14. The Morgan fingerprint density at radius 2 is 1.52 bits per heavy atom. The van der Waals surface area contributed by atoms with Crippen LogP contribution in [-0.2, 0) is 18.6 Å². The third-order valence-corrected chi connectivity index (χ3v) is 4.95. The summed E-state index contributed by atoms with van der Waals surface area (Å²) in [7, 11) is -2.42. The molecule has 1 heterocycles. The molecule has 23 heavy (non-hydrogen) atoms. The van der Waals surface area contributed by atoms with Gasteiger partial charge in [-0.25, -0.2) is 0 Å². The molecule has 0 N–H and O–H groups in total. The van der Waals surface area contributed by atoms with Gasteiger partial charge in [0.2, 0.25) is 0 Å². The second-order valence-corrected chi connectivity index (χ2v) is 9.80. The molecule has 2 atom stereocenters. The molecule has 0 aromatic carbocycles. The van der Waals surface area contributed by atoms with Crippen LogP contribution in [0.1, 0.15) is 77.6 Å². The largest absolute Gasteiger partial charge is 0.350 e. The zero-order valence-corrected chi connectivity index (χ0v) is 16.3. The molecule has 0 bridgehead atoms. The molecule has 1 aliphatic rings. The molecule has 1 saturated heterocycles. The Bertz CT molecular complexity index is 329. The first-order valence-corrected chi connectivity index (χ1v) is 12.0. The fourth-order valence-corrected chi connectivity index (χ4v) is 3.33. The Hall–Kier alpha value is 0.110. The van der Waals surface area contributed by atoms with E-state index in [2.05, 4.69) is 6.92 Å². The monoisotopic (exact) mass is 348 g/mol. The van der Waals surface area contributed by atoms with Crippen molar-refractivity contribution in [2.75, 3.05) is 26.5 Å². The molecule has 1 rings (SSSR count). The van der Waals surface area contributed by atoms with Crippen molar-refractivity contribution in [3.63, 3.8) is 0 Å². The molecule has 5 heteroatoms. The molecule has 0 amide bonds. The van der Waals surface area contributed by atoms with E-state index in [1.807, 2.05) is 0 Å². The number of unbranched alkanes of at least 4 members (excludes halogenated alkanes) is 9. The summed E-state index contributed by atoms with van der Waals surface area (Å²) < 4.78 is 28.2. The quantitative estimate of drug-likeness (QED) is 0.303. The first-order chi connectivity index (χ1) is 11.0. The van der Waals surface area contributed by atoms with E-state index in [0.717, 1.165) is 12.8 Å². The second kappa shape index (κ2) is 12.5. The number of hydrogen-bond acceptors (Lipinski definition) is 4. The maximum Gasteiger partial charge on any atom is 0.197 e. The van der Waals surface area contributed by atoms with Crippen LogP contribution in [0.3, 0.4) is 0 Å². The van der Waals surface area contributed by atoms with E-state index in [1.165, 1.54) is 57.8 Å². The van der Waals surface area contributed by atoms with Gasteiger partial charge in [0, 0.05) is 13.3 Å². The summed E-state index contributed by atoms with van der Waals surface area (Å²) >= 11 is 0. The molecule has 0 spiro atoms. The lowest BCUT2D eigenvalue weighted by atomic mass is 10.1. The Morgan fingerprint density at radius 1 is 0.957 bits per heavy atom. The summed E-state index contributed by atoms with van der Waals surface area (Å²) in [5.41, 5.74) is 0. The van der Waals surface area contributed by atoms with Crippen molar-refractivity contribution in [2.45, 2.75) is 89.9 Å². The molecular formula is C18H37O4P. The molecule has 0 saturated carbocycles. The van der Waals surface area contributed by atoms with Crippen LogP contribution in [0.5, 0.6) is 0 Å². The van der Waals surface area contributed by atoms with Gasteiger partial charge >= 0.3 is 0 Å². The smallest absolute Gasteiger partial charge is 0.197 e. The van der Waals surface area contributed by atoms with Crippen LogP contribution in [-0.4, -0.2) is 38.9 Å². The van der Waals surface area contributed by atoms with Gasteiger partial charge in [0.25, 0.3) is 0 Å². The van der Waals surface area contributed by atoms with Gasteiger partial charge in [-0.1, -0.05) is 64.7 Å². The first kappa shape index (κ1) is 21.2. The molecule has 1 fully saturated rings. The van der Waals surface area contributed by atoms with Gasteiger partial charge in [-0.15, -0.1) is 0 Å². The van der Waals surface area contributed by atoms with E-state index in [4.69, 9.17) is 14.0 Å². The van der Waals surface area contributed by atoms with Crippen LogP contribution in [0.2, 0.25) is 0 Å².